The molecule has 4 rings (SSSR count). The molecule has 0 radical (unpaired) electrons. The number of quaternary nitrogens is 1. The quantitative estimate of drug-likeness (QED) is 0.638. The predicted octanol–water partition coefficient (Wildman–Crippen LogP) is 2.73. The maximum atomic E-state index is 12.4. The lowest BCUT2D eigenvalue weighted by atomic mass is 9.97. The topological polar surface area (TPSA) is 75.5 Å². The van der Waals surface area contributed by atoms with Crippen LogP contribution >= 0.6 is 11.3 Å². The highest BCUT2D eigenvalue weighted by Crippen LogP contribution is 2.28. The molecule has 2 aliphatic rings. The lowest BCUT2D eigenvalue weighted by Gasteiger charge is -2.19. The summed E-state index contributed by atoms with van der Waals surface area (Å²) in [6.07, 6.45) is 10.1. The van der Waals surface area contributed by atoms with Crippen LogP contribution in [0.5, 0.6) is 0 Å². The number of aromatic nitrogens is 1. The van der Waals surface area contributed by atoms with E-state index < -0.39 is 0 Å². The van der Waals surface area contributed by atoms with Gasteiger partial charge in [-0.15, -0.1) is 11.3 Å². The number of allylic oxidation sites excluding steroid dienone is 1. The smallest absolute Gasteiger partial charge is 0.321 e. The fourth-order valence-electron chi connectivity index (χ4n) is 4.35. The molecule has 1 saturated heterocycles. The van der Waals surface area contributed by atoms with Crippen LogP contribution < -0.4 is 15.5 Å². The minimum absolute atomic E-state index is 0.220. The largest absolute Gasteiger partial charge is 0.337 e. The maximum Gasteiger partial charge on any atom is 0.321 e. The van der Waals surface area contributed by atoms with Crippen LogP contribution in [0, 0.1) is 0 Å². The summed E-state index contributed by atoms with van der Waals surface area (Å²) >= 11 is 1.72. The number of rotatable bonds is 6. The summed E-state index contributed by atoms with van der Waals surface area (Å²) < 4.78 is 1.19. The van der Waals surface area contributed by atoms with Crippen LogP contribution in [-0.4, -0.2) is 36.6 Å². The lowest BCUT2D eigenvalue weighted by Crippen LogP contribution is -3.11. The van der Waals surface area contributed by atoms with Crippen molar-refractivity contribution in [2.75, 3.05) is 19.6 Å². The summed E-state index contributed by atoms with van der Waals surface area (Å²) in [5.74, 6) is -0.220. The van der Waals surface area contributed by atoms with Gasteiger partial charge in [0.05, 0.1) is 16.8 Å². The van der Waals surface area contributed by atoms with Gasteiger partial charge in [-0.25, -0.2) is 9.78 Å². The Labute approximate surface area is 175 Å². The zero-order valence-electron chi connectivity index (χ0n) is 16.7. The lowest BCUT2D eigenvalue weighted by molar-refractivity contribution is -0.910. The Hall–Kier alpha value is -2.25. The summed E-state index contributed by atoms with van der Waals surface area (Å²) in [7, 11) is 0. The molecule has 0 spiro atoms. The summed E-state index contributed by atoms with van der Waals surface area (Å²) in [5, 5.41) is 6.41. The number of amides is 3. The van der Waals surface area contributed by atoms with E-state index in [1.807, 2.05) is 18.2 Å². The molecule has 3 N–H and O–H groups in total. The van der Waals surface area contributed by atoms with E-state index in [0.29, 0.717) is 13.1 Å². The van der Waals surface area contributed by atoms with Crippen molar-refractivity contribution in [2.45, 2.75) is 51.0 Å². The molecule has 6 nitrogen and oxygen atoms in total. The fourth-order valence-corrected chi connectivity index (χ4v) is 5.51. The summed E-state index contributed by atoms with van der Waals surface area (Å²) in [4.78, 5) is 30.4. The average Bonchev–Trinajstić information content (AvgIpc) is 3.35. The van der Waals surface area contributed by atoms with Gasteiger partial charge < -0.3 is 10.2 Å². The van der Waals surface area contributed by atoms with Gasteiger partial charge in [0.1, 0.15) is 6.04 Å². The minimum Gasteiger partial charge on any atom is -0.337 e. The van der Waals surface area contributed by atoms with Crippen molar-refractivity contribution in [3.8, 4) is 0 Å². The molecule has 2 atom stereocenters. The highest BCUT2D eigenvalue weighted by Gasteiger charge is 2.34. The number of nitrogens with zero attached hydrogens (tertiary/aromatic N) is 1. The van der Waals surface area contributed by atoms with Crippen molar-refractivity contribution < 1.29 is 14.5 Å². The van der Waals surface area contributed by atoms with E-state index in [0.717, 1.165) is 49.2 Å². The minimum atomic E-state index is -0.387. The van der Waals surface area contributed by atoms with E-state index >= 15 is 0 Å². The van der Waals surface area contributed by atoms with E-state index in [-0.39, 0.29) is 18.0 Å². The number of thiazole rings is 1. The molecule has 1 fully saturated rings. The Bertz CT molecular complexity index is 874. The van der Waals surface area contributed by atoms with Crippen LogP contribution in [-0.2, 0) is 4.79 Å². The zero-order chi connectivity index (χ0) is 20.1. The van der Waals surface area contributed by atoms with Crippen LogP contribution in [0.15, 0.2) is 35.9 Å². The molecule has 7 heteroatoms. The van der Waals surface area contributed by atoms with Crippen molar-refractivity contribution in [3.05, 3.63) is 40.9 Å². The number of para-hydroxylation sites is 1. The maximum absolute atomic E-state index is 12.4. The number of carbonyl (C=O) groups excluding carboxylic acids is 2. The van der Waals surface area contributed by atoms with Gasteiger partial charge in [0.25, 0.3) is 5.91 Å². The van der Waals surface area contributed by atoms with E-state index in [1.54, 1.807) is 11.3 Å². The molecule has 2 aromatic rings. The van der Waals surface area contributed by atoms with Gasteiger partial charge >= 0.3 is 6.03 Å². The number of urea groups is 1. The molecule has 1 unspecified atom stereocenters. The van der Waals surface area contributed by atoms with Gasteiger partial charge in [-0.3, -0.25) is 10.1 Å². The molecule has 3 amide bonds. The van der Waals surface area contributed by atoms with Gasteiger partial charge in [0.15, 0.2) is 11.6 Å². The average molecular weight is 414 g/mol. The summed E-state index contributed by atoms with van der Waals surface area (Å²) in [6.45, 7) is 1.82. The predicted molar refractivity (Wildman–Crippen MR) is 115 cm³/mol. The summed E-state index contributed by atoms with van der Waals surface area (Å²) in [5.41, 5.74) is 2.44. The monoisotopic (exact) mass is 413 g/mol. The number of hydrogen-bond acceptors (Lipinski definition) is 4. The third kappa shape index (κ3) is 5.22. The second-order valence-electron chi connectivity index (χ2n) is 7.96. The Morgan fingerprint density at radius 3 is 2.93 bits per heavy atom. The first-order valence-corrected chi connectivity index (χ1v) is 11.5. The highest BCUT2D eigenvalue weighted by atomic mass is 32.1. The van der Waals surface area contributed by atoms with Crippen LogP contribution in [0.3, 0.4) is 0 Å². The fraction of sp³-hybridized carbons (Fsp3) is 0.500. The number of carbonyl (C=O) groups is 2. The van der Waals surface area contributed by atoms with Crippen molar-refractivity contribution in [1.29, 1.82) is 0 Å². The first-order chi connectivity index (χ1) is 14.2. The molecule has 154 valence electrons. The Morgan fingerprint density at radius 1 is 1.21 bits per heavy atom. The van der Waals surface area contributed by atoms with Crippen LogP contribution in [0.1, 0.15) is 56.0 Å². The van der Waals surface area contributed by atoms with Gasteiger partial charge in [0, 0.05) is 19.4 Å². The Balaban J connectivity index is 1.26. The first-order valence-electron chi connectivity index (χ1n) is 10.6. The van der Waals surface area contributed by atoms with E-state index in [4.69, 9.17) is 4.98 Å². The number of nitrogens with one attached hydrogen (secondary N) is 3. The molecular weight excluding hydrogens is 384 g/mol. The second kappa shape index (κ2) is 9.50. The Kier molecular flexibility index (Phi) is 6.56. The molecule has 1 aliphatic carbocycles. The molecule has 0 saturated carbocycles. The standard InChI is InChI=1S/C22H28N4O2S/c27-20(25-22(28)23-13-12-16-7-2-1-3-8-16)15-26-14-6-10-18(26)21-24-17-9-4-5-11-19(17)29-21/h4-5,7,9,11,18H,1-3,6,8,10,12-15H2,(H2,23,25,27,28)/p+1/t18-/m1/s1. The van der Waals surface area contributed by atoms with E-state index in [2.05, 4.69) is 22.8 Å². The van der Waals surface area contributed by atoms with Gasteiger partial charge in [0.2, 0.25) is 0 Å². The number of fused-ring (bicyclic) bond motifs is 1. The van der Waals surface area contributed by atoms with Crippen molar-refractivity contribution >= 4 is 33.5 Å². The van der Waals surface area contributed by atoms with Gasteiger partial charge in [-0.05, 0) is 44.2 Å². The van der Waals surface area contributed by atoms with Crippen molar-refractivity contribution in [1.82, 2.24) is 15.6 Å². The van der Waals surface area contributed by atoms with Gasteiger partial charge in [-0.1, -0.05) is 23.8 Å². The van der Waals surface area contributed by atoms with Crippen molar-refractivity contribution in [3.63, 3.8) is 0 Å². The second-order valence-corrected chi connectivity index (χ2v) is 9.02. The van der Waals surface area contributed by atoms with Crippen LogP contribution in [0.4, 0.5) is 4.79 Å². The normalized spacial score (nSPS) is 21.7. The number of benzene rings is 1. The Morgan fingerprint density at radius 2 is 2.10 bits per heavy atom. The van der Waals surface area contributed by atoms with E-state index in [9.17, 15) is 9.59 Å². The molecule has 1 aromatic carbocycles. The van der Waals surface area contributed by atoms with Crippen LogP contribution in [0.2, 0.25) is 0 Å². The third-order valence-electron chi connectivity index (χ3n) is 5.85. The van der Waals surface area contributed by atoms with Gasteiger partial charge in [-0.2, -0.15) is 0 Å². The molecule has 29 heavy (non-hydrogen) atoms. The summed E-state index contributed by atoms with van der Waals surface area (Å²) in [6, 6.07) is 8.00. The molecule has 2 heterocycles. The first kappa shape index (κ1) is 20.0. The molecule has 1 aliphatic heterocycles. The SMILES string of the molecule is O=C(C[NH+]1CCC[C@@H]1c1nc2ccccc2s1)NC(=O)NCCC1=CCCCC1. The number of imide groups is 1. The number of likely N-dealkylation sites (tertiary alicyclic amines) is 1. The zero-order valence-corrected chi connectivity index (χ0v) is 17.5. The van der Waals surface area contributed by atoms with Crippen molar-refractivity contribution in [2.24, 2.45) is 0 Å². The van der Waals surface area contributed by atoms with E-state index in [1.165, 1.54) is 28.0 Å². The number of hydrogen-bond donors (Lipinski definition) is 3. The third-order valence-corrected chi connectivity index (χ3v) is 7.00. The molecule has 1 aromatic heterocycles. The highest BCUT2D eigenvalue weighted by molar-refractivity contribution is 7.18. The molecular formula is C22H29N4O2S+. The molecule has 0 bridgehead atoms. The van der Waals surface area contributed by atoms with Crippen LogP contribution in [0.25, 0.3) is 10.2 Å².